The molecule has 2 N–H and O–H groups in total. The van der Waals surface area contributed by atoms with Gasteiger partial charge in [-0.1, -0.05) is 6.92 Å². The van der Waals surface area contributed by atoms with Gasteiger partial charge in [-0.15, -0.1) is 0 Å². The standard InChI is InChI=1S/C11H24N2O/c1-4-11(8-12,9-14-3)13-7-5-6-10(13)2/h10H,4-9,12H2,1-3H3. The zero-order valence-corrected chi connectivity index (χ0v) is 9.75. The van der Waals surface area contributed by atoms with Gasteiger partial charge in [-0.05, 0) is 32.7 Å². The van der Waals surface area contributed by atoms with Crippen molar-refractivity contribution >= 4 is 0 Å². The number of ether oxygens (including phenoxy) is 1. The Bertz CT molecular complexity index is 169. The minimum atomic E-state index is 0.0741. The second-order valence-corrected chi connectivity index (χ2v) is 4.40. The largest absolute Gasteiger partial charge is 0.383 e. The molecule has 0 aliphatic carbocycles. The second kappa shape index (κ2) is 5.10. The molecule has 1 fully saturated rings. The maximum atomic E-state index is 5.92. The number of hydrogen-bond donors (Lipinski definition) is 1. The third kappa shape index (κ3) is 2.10. The van der Waals surface area contributed by atoms with Crippen LogP contribution >= 0.6 is 0 Å². The average Bonchev–Trinajstić information content (AvgIpc) is 2.62. The van der Waals surface area contributed by atoms with Crippen LogP contribution in [0.2, 0.25) is 0 Å². The molecule has 14 heavy (non-hydrogen) atoms. The first-order valence-electron chi connectivity index (χ1n) is 5.66. The summed E-state index contributed by atoms with van der Waals surface area (Å²) in [5.41, 5.74) is 6.00. The molecule has 0 aromatic carbocycles. The fourth-order valence-electron chi connectivity index (χ4n) is 2.62. The van der Waals surface area contributed by atoms with Gasteiger partial charge in [0, 0.05) is 19.7 Å². The van der Waals surface area contributed by atoms with Gasteiger partial charge in [-0.2, -0.15) is 0 Å². The summed E-state index contributed by atoms with van der Waals surface area (Å²) in [6.45, 7) is 7.13. The molecule has 0 aromatic rings. The predicted molar refractivity (Wildman–Crippen MR) is 59.4 cm³/mol. The van der Waals surface area contributed by atoms with Gasteiger partial charge < -0.3 is 10.5 Å². The van der Waals surface area contributed by atoms with Gasteiger partial charge >= 0.3 is 0 Å². The highest BCUT2D eigenvalue weighted by Crippen LogP contribution is 2.28. The van der Waals surface area contributed by atoms with Crippen molar-refractivity contribution in [2.24, 2.45) is 5.73 Å². The smallest absolute Gasteiger partial charge is 0.0659 e. The molecule has 3 nitrogen and oxygen atoms in total. The molecule has 1 aliphatic rings. The van der Waals surface area contributed by atoms with Crippen molar-refractivity contribution in [3.63, 3.8) is 0 Å². The van der Waals surface area contributed by atoms with Crippen molar-refractivity contribution in [3.05, 3.63) is 0 Å². The Kier molecular flexibility index (Phi) is 4.35. The number of likely N-dealkylation sites (tertiary alicyclic amines) is 1. The Hall–Kier alpha value is -0.120. The molecule has 0 spiro atoms. The molecule has 0 saturated carbocycles. The maximum absolute atomic E-state index is 5.92. The molecule has 1 rings (SSSR count). The van der Waals surface area contributed by atoms with Gasteiger partial charge in [-0.25, -0.2) is 0 Å². The van der Waals surface area contributed by atoms with E-state index in [4.69, 9.17) is 10.5 Å². The van der Waals surface area contributed by atoms with Crippen LogP contribution in [0.5, 0.6) is 0 Å². The number of nitrogens with two attached hydrogens (primary N) is 1. The first-order chi connectivity index (χ1) is 6.70. The first kappa shape index (κ1) is 12.0. The normalized spacial score (nSPS) is 27.9. The summed E-state index contributed by atoms with van der Waals surface area (Å²) in [5.74, 6) is 0. The minimum Gasteiger partial charge on any atom is -0.383 e. The Morgan fingerprint density at radius 3 is 2.64 bits per heavy atom. The summed E-state index contributed by atoms with van der Waals surface area (Å²) < 4.78 is 5.33. The SMILES string of the molecule is CCC(CN)(COC)N1CCCC1C. The fourth-order valence-corrected chi connectivity index (χ4v) is 2.62. The highest BCUT2D eigenvalue weighted by atomic mass is 16.5. The monoisotopic (exact) mass is 200 g/mol. The molecular formula is C11H24N2O. The quantitative estimate of drug-likeness (QED) is 0.725. The van der Waals surface area contributed by atoms with Crippen LogP contribution in [0.3, 0.4) is 0 Å². The van der Waals surface area contributed by atoms with Gasteiger partial charge in [-0.3, -0.25) is 4.90 Å². The molecule has 84 valence electrons. The van der Waals surface area contributed by atoms with Crippen LogP contribution in [0, 0.1) is 0 Å². The summed E-state index contributed by atoms with van der Waals surface area (Å²) in [7, 11) is 1.76. The number of rotatable bonds is 5. The molecule has 2 atom stereocenters. The molecule has 1 aliphatic heterocycles. The van der Waals surface area contributed by atoms with Crippen LogP contribution < -0.4 is 5.73 Å². The zero-order chi connectivity index (χ0) is 10.6. The van der Waals surface area contributed by atoms with E-state index in [9.17, 15) is 0 Å². The van der Waals surface area contributed by atoms with E-state index in [-0.39, 0.29) is 5.54 Å². The van der Waals surface area contributed by atoms with E-state index in [2.05, 4.69) is 18.7 Å². The van der Waals surface area contributed by atoms with Crippen LogP contribution in [-0.2, 0) is 4.74 Å². The number of nitrogens with zero attached hydrogens (tertiary/aromatic N) is 1. The van der Waals surface area contributed by atoms with Crippen LogP contribution in [0.15, 0.2) is 0 Å². The van der Waals surface area contributed by atoms with E-state index in [1.807, 2.05) is 0 Å². The van der Waals surface area contributed by atoms with Crippen molar-refractivity contribution in [3.8, 4) is 0 Å². The van der Waals surface area contributed by atoms with Crippen molar-refractivity contribution in [2.45, 2.75) is 44.7 Å². The summed E-state index contributed by atoms with van der Waals surface area (Å²) in [6.07, 6.45) is 3.67. The fraction of sp³-hybridized carbons (Fsp3) is 1.00. The van der Waals surface area contributed by atoms with E-state index in [0.717, 1.165) is 13.0 Å². The summed E-state index contributed by atoms with van der Waals surface area (Å²) in [6, 6.07) is 0.661. The van der Waals surface area contributed by atoms with E-state index >= 15 is 0 Å². The van der Waals surface area contributed by atoms with E-state index in [1.54, 1.807) is 7.11 Å². The van der Waals surface area contributed by atoms with Crippen LogP contribution in [-0.4, -0.2) is 43.3 Å². The molecule has 2 unspecified atom stereocenters. The van der Waals surface area contributed by atoms with E-state index < -0.39 is 0 Å². The van der Waals surface area contributed by atoms with Gasteiger partial charge in [0.25, 0.3) is 0 Å². The highest BCUT2D eigenvalue weighted by Gasteiger charge is 2.38. The Morgan fingerprint density at radius 1 is 1.57 bits per heavy atom. The Balaban J connectivity index is 2.73. The van der Waals surface area contributed by atoms with Crippen molar-refractivity contribution in [1.82, 2.24) is 4.90 Å². The van der Waals surface area contributed by atoms with Crippen LogP contribution in [0.25, 0.3) is 0 Å². The van der Waals surface area contributed by atoms with E-state index in [0.29, 0.717) is 12.6 Å². The lowest BCUT2D eigenvalue weighted by atomic mass is 9.94. The third-order valence-corrected chi connectivity index (χ3v) is 3.61. The number of methoxy groups -OCH3 is 1. The Morgan fingerprint density at radius 2 is 2.29 bits per heavy atom. The molecule has 0 aromatic heterocycles. The van der Waals surface area contributed by atoms with Crippen LogP contribution in [0.1, 0.15) is 33.1 Å². The Labute approximate surface area is 87.6 Å². The van der Waals surface area contributed by atoms with E-state index in [1.165, 1.54) is 19.4 Å². The second-order valence-electron chi connectivity index (χ2n) is 4.40. The van der Waals surface area contributed by atoms with Crippen molar-refractivity contribution in [2.75, 3.05) is 26.8 Å². The van der Waals surface area contributed by atoms with Gasteiger partial charge in [0.15, 0.2) is 0 Å². The van der Waals surface area contributed by atoms with Crippen molar-refractivity contribution < 1.29 is 4.74 Å². The molecule has 0 bridgehead atoms. The molecule has 0 amide bonds. The highest BCUT2D eigenvalue weighted by molar-refractivity contribution is 4.95. The average molecular weight is 200 g/mol. The molecule has 0 radical (unpaired) electrons. The molecule has 1 heterocycles. The summed E-state index contributed by atoms with van der Waals surface area (Å²) >= 11 is 0. The third-order valence-electron chi connectivity index (χ3n) is 3.61. The summed E-state index contributed by atoms with van der Waals surface area (Å²) in [5, 5.41) is 0. The minimum absolute atomic E-state index is 0.0741. The lowest BCUT2D eigenvalue weighted by Gasteiger charge is -2.42. The van der Waals surface area contributed by atoms with Crippen LogP contribution in [0.4, 0.5) is 0 Å². The predicted octanol–water partition coefficient (Wildman–Crippen LogP) is 1.22. The van der Waals surface area contributed by atoms with Crippen molar-refractivity contribution in [1.29, 1.82) is 0 Å². The molecule has 1 saturated heterocycles. The van der Waals surface area contributed by atoms with Gasteiger partial charge in [0.1, 0.15) is 0 Å². The lowest BCUT2D eigenvalue weighted by Crippen LogP contribution is -2.57. The molecular weight excluding hydrogens is 176 g/mol. The van der Waals surface area contributed by atoms with Gasteiger partial charge in [0.05, 0.1) is 12.1 Å². The molecule has 3 heteroatoms. The zero-order valence-electron chi connectivity index (χ0n) is 9.75. The topological polar surface area (TPSA) is 38.5 Å². The summed E-state index contributed by atoms with van der Waals surface area (Å²) in [4.78, 5) is 2.54. The maximum Gasteiger partial charge on any atom is 0.0659 e. The number of hydrogen-bond acceptors (Lipinski definition) is 3. The first-order valence-corrected chi connectivity index (χ1v) is 5.66. The lowest BCUT2D eigenvalue weighted by molar-refractivity contribution is 0.00759. The van der Waals surface area contributed by atoms with Gasteiger partial charge in [0.2, 0.25) is 0 Å².